The third kappa shape index (κ3) is 2.84. The highest BCUT2D eigenvalue weighted by Gasteiger charge is 2.11. The summed E-state index contributed by atoms with van der Waals surface area (Å²) >= 11 is 1.46. The average molecular weight is 303 g/mol. The van der Waals surface area contributed by atoms with E-state index in [1.165, 1.54) is 11.3 Å². The molecule has 3 aromatic rings. The van der Waals surface area contributed by atoms with Gasteiger partial charge in [-0.25, -0.2) is 0 Å². The highest BCUT2D eigenvalue weighted by Crippen LogP contribution is 2.17. The molecule has 8 heteroatoms. The Hall–Kier alpha value is -2.48. The maximum Gasteiger partial charge on any atom is 0.255 e. The molecule has 0 aliphatic rings. The lowest BCUT2D eigenvalue weighted by atomic mass is 10.2. The Morgan fingerprint density at radius 1 is 1.43 bits per heavy atom. The molecule has 0 saturated carbocycles. The minimum Gasteiger partial charge on any atom is -0.496 e. The molecule has 7 nitrogen and oxygen atoms in total. The van der Waals surface area contributed by atoms with Crippen molar-refractivity contribution in [3.63, 3.8) is 0 Å². The van der Waals surface area contributed by atoms with Gasteiger partial charge in [-0.2, -0.15) is 9.61 Å². The van der Waals surface area contributed by atoms with Crippen LogP contribution < -0.4 is 10.1 Å². The van der Waals surface area contributed by atoms with Gasteiger partial charge in [0.15, 0.2) is 0 Å². The van der Waals surface area contributed by atoms with Crippen molar-refractivity contribution in [2.75, 3.05) is 13.7 Å². The molecule has 21 heavy (non-hydrogen) atoms. The standard InChI is InChI=1S/C13H13N5O2S/c1-20-10-5-3-2-4-9(10)12(19)14-7-6-11-17-18-8-15-16-13(18)21-11/h2-5,8H,6-7H2,1H3,(H,14,19). The van der Waals surface area contributed by atoms with Gasteiger partial charge in [0.2, 0.25) is 4.96 Å². The molecule has 0 spiro atoms. The predicted molar refractivity (Wildman–Crippen MR) is 77.7 cm³/mol. The number of hydrogen-bond acceptors (Lipinski definition) is 6. The number of carbonyl (C=O) groups is 1. The van der Waals surface area contributed by atoms with Crippen LogP contribution >= 0.6 is 11.3 Å². The zero-order chi connectivity index (χ0) is 14.7. The van der Waals surface area contributed by atoms with E-state index in [0.717, 1.165) is 9.97 Å². The summed E-state index contributed by atoms with van der Waals surface area (Å²) in [5, 5.41) is 15.7. The Morgan fingerprint density at radius 3 is 3.10 bits per heavy atom. The summed E-state index contributed by atoms with van der Waals surface area (Å²) in [6.45, 7) is 0.501. The summed E-state index contributed by atoms with van der Waals surface area (Å²) in [5.74, 6) is 0.407. The smallest absolute Gasteiger partial charge is 0.255 e. The molecular formula is C13H13N5O2S. The molecule has 0 fully saturated rings. The molecular weight excluding hydrogens is 290 g/mol. The second-order valence-electron chi connectivity index (χ2n) is 4.26. The van der Waals surface area contributed by atoms with Crippen molar-refractivity contribution in [3.8, 4) is 5.75 Å². The van der Waals surface area contributed by atoms with E-state index in [1.54, 1.807) is 36.2 Å². The summed E-state index contributed by atoms with van der Waals surface area (Å²) in [5.41, 5.74) is 0.526. The lowest BCUT2D eigenvalue weighted by Crippen LogP contribution is -2.26. The number of para-hydroxylation sites is 1. The van der Waals surface area contributed by atoms with E-state index in [9.17, 15) is 4.79 Å². The lowest BCUT2D eigenvalue weighted by molar-refractivity contribution is 0.0951. The summed E-state index contributed by atoms with van der Waals surface area (Å²) in [6.07, 6.45) is 2.21. The van der Waals surface area contributed by atoms with Crippen LogP contribution in [0.15, 0.2) is 30.6 Å². The van der Waals surface area contributed by atoms with E-state index in [2.05, 4.69) is 20.6 Å². The second kappa shape index (κ2) is 5.88. The average Bonchev–Trinajstić information content (AvgIpc) is 3.08. The van der Waals surface area contributed by atoms with Gasteiger partial charge in [-0.15, -0.1) is 10.2 Å². The Labute approximate surface area is 124 Å². The van der Waals surface area contributed by atoms with Crippen LogP contribution in [0.25, 0.3) is 4.96 Å². The fourth-order valence-electron chi connectivity index (χ4n) is 1.91. The van der Waals surface area contributed by atoms with Crippen LogP contribution in [-0.4, -0.2) is 39.4 Å². The number of carbonyl (C=O) groups excluding carboxylic acids is 1. The van der Waals surface area contributed by atoms with Gasteiger partial charge in [0, 0.05) is 13.0 Å². The molecule has 0 aliphatic heterocycles. The normalized spacial score (nSPS) is 10.7. The van der Waals surface area contributed by atoms with Gasteiger partial charge in [0.05, 0.1) is 12.7 Å². The number of fused-ring (bicyclic) bond motifs is 1. The van der Waals surface area contributed by atoms with Gasteiger partial charge in [-0.3, -0.25) is 4.79 Å². The van der Waals surface area contributed by atoms with E-state index in [4.69, 9.17) is 4.74 Å². The van der Waals surface area contributed by atoms with Crippen LogP contribution in [0.1, 0.15) is 15.4 Å². The first kappa shape index (κ1) is 13.5. The fraction of sp³-hybridized carbons (Fsp3) is 0.231. The van der Waals surface area contributed by atoms with Crippen molar-refractivity contribution in [1.82, 2.24) is 25.1 Å². The summed E-state index contributed by atoms with van der Waals surface area (Å²) in [4.78, 5) is 12.9. The highest BCUT2D eigenvalue weighted by molar-refractivity contribution is 7.16. The Morgan fingerprint density at radius 2 is 2.29 bits per heavy atom. The molecule has 1 aromatic carbocycles. The van der Waals surface area contributed by atoms with Crippen molar-refractivity contribution in [2.45, 2.75) is 6.42 Å². The number of nitrogens with zero attached hydrogens (tertiary/aromatic N) is 4. The van der Waals surface area contributed by atoms with E-state index in [0.29, 0.717) is 24.3 Å². The third-order valence-corrected chi connectivity index (χ3v) is 3.88. The van der Waals surface area contributed by atoms with Crippen LogP contribution in [0, 0.1) is 0 Å². The number of rotatable bonds is 5. The van der Waals surface area contributed by atoms with Crippen molar-refractivity contribution in [2.24, 2.45) is 0 Å². The molecule has 0 radical (unpaired) electrons. The van der Waals surface area contributed by atoms with E-state index < -0.39 is 0 Å². The summed E-state index contributed by atoms with van der Waals surface area (Å²) < 4.78 is 6.80. The predicted octanol–water partition coefficient (Wildman–Crippen LogP) is 1.17. The first-order chi connectivity index (χ1) is 10.3. The highest BCUT2D eigenvalue weighted by atomic mass is 32.1. The first-order valence-corrected chi connectivity index (χ1v) is 7.16. The fourth-order valence-corrected chi connectivity index (χ4v) is 2.73. The van der Waals surface area contributed by atoms with Crippen molar-refractivity contribution in [3.05, 3.63) is 41.2 Å². The maximum atomic E-state index is 12.1. The van der Waals surface area contributed by atoms with E-state index in [1.807, 2.05) is 6.07 Å². The number of hydrogen-bond donors (Lipinski definition) is 1. The molecule has 3 rings (SSSR count). The number of nitrogens with one attached hydrogen (secondary N) is 1. The number of methoxy groups -OCH3 is 1. The topological polar surface area (TPSA) is 81.4 Å². The first-order valence-electron chi connectivity index (χ1n) is 6.35. The third-order valence-electron chi connectivity index (χ3n) is 2.90. The number of amides is 1. The van der Waals surface area contributed by atoms with E-state index in [-0.39, 0.29) is 5.91 Å². The number of ether oxygens (including phenoxy) is 1. The van der Waals surface area contributed by atoms with Crippen LogP contribution in [0.2, 0.25) is 0 Å². The van der Waals surface area contributed by atoms with Gasteiger partial charge < -0.3 is 10.1 Å². The van der Waals surface area contributed by atoms with Crippen molar-refractivity contribution >= 4 is 22.2 Å². The molecule has 1 amide bonds. The molecule has 0 unspecified atom stereocenters. The number of benzene rings is 1. The van der Waals surface area contributed by atoms with Crippen LogP contribution in [0.5, 0.6) is 5.75 Å². The van der Waals surface area contributed by atoms with E-state index >= 15 is 0 Å². The summed E-state index contributed by atoms with van der Waals surface area (Å²) in [7, 11) is 1.55. The molecule has 2 aromatic heterocycles. The minimum atomic E-state index is -0.157. The Bertz CT molecular complexity index is 738. The van der Waals surface area contributed by atoms with Gasteiger partial charge in [0.25, 0.3) is 5.91 Å². The van der Waals surface area contributed by atoms with Gasteiger partial charge in [-0.05, 0) is 12.1 Å². The van der Waals surface area contributed by atoms with Gasteiger partial charge >= 0.3 is 0 Å². The molecule has 1 N–H and O–H groups in total. The zero-order valence-electron chi connectivity index (χ0n) is 11.3. The lowest BCUT2D eigenvalue weighted by Gasteiger charge is -2.08. The molecule has 108 valence electrons. The minimum absolute atomic E-state index is 0.157. The Balaban J connectivity index is 1.59. The van der Waals surface area contributed by atoms with Crippen LogP contribution in [0.3, 0.4) is 0 Å². The molecule has 2 heterocycles. The summed E-state index contributed by atoms with van der Waals surface area (Å²) in [6, 6.07) is 7.13. The van der Waals surface area contributed by atoms with Gasteiger partial charge in [0.1, 0.15) is 17.1 Å². The van der Waals surface area contributed by atoms with Crippen LogP contribution in [0.4, 0.5) is 0 Å². The van der Waals surface area contributed by atoms with Crippen LogP contribution in [-0.2, 0) is 6.42 Å². The Kier molecular flexibility index (Phi) is 3.78. The van der Waals surface area contributed by atoms with Crippen molar-refractivity contribution < 1.29 is 9.53 Å². The van der Waals surface area contributed by atoms with Gasteiger partial charge in [-0.1, -0.05) is 23.5 Å². The monoisotopic (exact) mass is 303 g/mol. The largest absolute Gasteiger partial charge is 0.496 e. The maximum absolute atomic E-state index is 12.1. The zero-order valence-corrected chi connectivity index (χ0v) is 12.1. The number of aromatic nitrogens is 4. The molecule has 0 saturated heterocycles. The van der Waals surface area contributed by atoms with Crippen molar-refractivity contribution in [1.29, 1.82) is 0 Å². The molecule has 0 aliphatic carbocycles. The quantitative estimate of drug-likeness (QED) is 0.765. The SMILES string of the molecule is COc1ccccc1C(=O)NCCc1nn2cnnc2s1. The molecule has 0 bridgehead atoms. The molecule has 0 atom stereocenters. The second-order valence-corrected chi connectivity index (χ2v) is 5.30.